The number of carbonyl (C=O) groups is 1. The minimum absolute atomic E-state index is 0.000808. The average molecular weight is 343 g/mol. The molecule has 0 saturated carbocycles. The van der Waals surface area contributed by atoms with Crippen molar-refractivity contribution in [3.05, 3.63) is 71.9 Å². The summed E-state index contributed by atoms with van der Waals surface area (Å²) in [5.74, 6) is -0.961. The second kappa shape index (κ2) is 7.12. The van der Waals surface area contributed by atoms with Gasteiger partial charge in [-0.25, -0.2) is 13.5 Å². The Morgan fingerprint density at radius 1 is 1.16 bits per heavy atom. The summed E-state index contributed by atoms with van der Waals surface area (Å²) in [7, 11) is 0. The second-order valence-electron chi connectivity index (χ2n) is 5.33. The van der Waals surface area contributed by atoms with Gasteiger partial charge in [-0.05, 0) is 43.3 Å². The molecule has 1 aromatic heterocycles. The summed E-state index contributed by atoms with van der Waals surface area (Å²) >= 11 is 0. The fourth-order valence-corrected chi connectivity index (χ4v) is 2.25. The van der Waals surface area contributed by atoms with Crippen LogP contribution in [0.5, 0.6) is 5.75 Å². The molecule has 1 N–H and O–H groups in total. The lowest BCUT2D eigenvalue weighted by Crippen LogP contribution is -2.22. The van der Waals surface area contributed by atoms with Gasteiger partial charge >= 0.3 is 0 Å². The van der Waals surface area contributed by atoms with Gasteiger partial charge in [0.05, 0.1) is 11.4 Å². The van der Waals surface area contributed by atoms with E-state index in [2.05, 4.69) is 10.4 Å². The zero-order valence-corrected chi connectivity index (χ0v) is 13.4. The lowest BCUT2D eigenvalue weighted by Gasteiger charge is -2.10. The maximum atomic E-state index is 13.5. The zero-order chi connectivity index (χ0) is 17.8. The number of benzene rings is 2. The highest BCUT2D eigenvalue weighted by atomic mass is 19.1. The first-order chi connectivity index (χ1) is 12.0. The molecule has 25 heavy (non-hydrogen) atoms. The number of aromatic nitrogens is 2. The lowest BCUT2D eigenvalue weighted by molar-refractivity contribution is -0.118. The molecule has 7 heteroatoms. The van der Waals surface area contributed by atoms with Crippen molar-refractivity contribution in [2.75, 3.05) is 11.9 Å². The van der Waals surface area contributed by atoms with Crippen LogP contribution in [-0.2, 0) is 4.79 Å². The van der Waals surface area contributed by atoms with E-state index in [1.54, 1.807) is 31.2 Å². The molecular weight excluding hydrogens is 328 g/mol. The Labute approximate surface area is 142 Å². The van der Waals surface area contributed by atoms with Crippen molar-refractivity contribution < 1.29 is 18.3 Å². The van der Waals surface area contributed by atoms with Crippen LogP contribution in [0.25, 0.3) is 5.69 Å². The molecule has 0 aliphatic rings. The number of para-hydroxylation sites is 1. The van der Waals surface area contributed by atoms with Crippen molar-refractivity contribution in [3.63, 3.8) is 0 Å². The zero-order valence-electron chi connectivity index (χ0n) is 13.4. The van der Waals surface area contributed by atoms with Crippen molar-refractivity contribution in [2.45, 2.75) is 6.92 Å². The number of nitrogens with one attached hydrogen (secondary N) is 1. The van der Waals surface area contributed by atoms with Gasteiger partial charge in [0, 0.05) is 6.07 Å². The van der Waals surface area contributed by atoms with Crippen LogP contribution >= 0.6 is 0 Å². The molecule has 0 saturated heterocycles. The molecular formula is C18H15F2N3O2. The second-order valence-corrected chi connectivity index (χ2v) is 5.33. The van der Waals surface area contributed by atoms with Crippen molar-refractivity contribution in [1.29, 1.82) is 0 Å². The molecule has 3 aromatic rings. The monoisotopic (exact) mass is 343 g/mol. The highest BCUT2D eigenvalue weighted by Gasteiger charge is 2.12. The number of rotatable bonds is 5. The molecule has 1 amide bonds. The summed E-state index contributed by atoms with van der Waals surface area (Å²) in [6.07, 6.45) is 0. The molecule has 0 unspecified atom stereocenters. The minimum Gasteiger partial charge on any atom is -0.481 e. The third kappa shape index (κ3) is 4.00. The molecule has 0 fully saturated rings. The Morgan fingerprint density at radius 3 is 2.60 bits per heavy atom. The fourth-order valence-electron chi connectivity index (χ4n) is 2.25. The largest absolute Gasteiger partial charge is 0.481 e. The molecule has 0 bridgehead atoms. The van der Waals surface area contributed by atoms with Crippen molar-refractivity contribution in [3.8, 4) is 11.4 Å². The lowest BCUT2D eigenvalue weighted by atomic mass is 10.3. The first-order valence-corrected chi connectivity index (χ1v) is 7.53. The van der Waals surface area contributed by atoms with Gasteiger partial charge in [-0.1, -0.05) is 12.1 Å². The summed E-state index contributed by atoms with van der Waals surface area (Å²) in [6, 6.07) is 13.2. The molecule has 128 valence electrons. The number of amides is 1. The summed E-state index contributed by atoms with van der Waals surface area (Å²) in [5, 5.41) is 6.93. The highest BCUT2D eigenvalue weighted by Crippen LogP contribution is 2.18. The Kier molecular flexibility index (Phi) is 4.74. The van der Waals surface area contributed by atoms with E-state index in [0.717, 1.165) is 0 Å². The quantitative estimate of drug-likeness (QED) is 0.772. The number of carbonyl (C=O) groups excluding carboxylic acids is 1. The maximum absolute atomic E-state index is 13.5. The van der Waals surface area contributed by atoms with E-state index < -0.39 is 11.7 Å². The van der Waals surface area contributed by atoms with E-state index >= 15 is 0 Å². The van der Waals surface area contributed by atoms with Crippen LogP contribution in [0.2, 0.25) is 0 Å². The molecule has 3 rings (SSSR count). The summed E-state index contributed by atoms with van der Waals surface area (Å²) in [4.78, 5) is 12.1. The van der Waals surface area contributed by atoms with Gasteiger partial charge in [-0.3, -0.25) is 4.79 Å². The van der Waals surface area contributed by atoms with Crippen LogP contribution in [0, 0.1) is 18.6 Å². The topological polar surface area (TPSA) is 56.1 Å². The Morgan fingerprint density at radius 2 is 1.88 bits per heavy atom. The van der Waals surface area contributed by atoms with Crippen molar-refractivity contribution in [1.82, 2.24) is 9.78 Å². The molecule has 0 aliphatic heterocycles. The number of halogens is 2. The van der Waals surface area contributed by atoms with E-state index in [9.17, 15) is 13.6 Å². The first-order valence-electron chi connectivity index (χ1n) is 7.53. The van der Waals surface area contributed by atoms with Crippen LogP contribution in [-0.4, -0.2) is 22.3 Å². The van der Waals surface area contributed by atoms with E-state index in [1.807, 2.05) is 0 Å². The van der Waals surface area contributed by atoms with E-state index in [-0.39, 0.29) is 18.2 Å². The van der Waals surface area contributed by atoms with E-state index in [0.29, 0.717) is 17.2 Å². The van der Waals surface area contributed by atoms with Gasteiger partial charge < -0.3 is 10.1 Å². The SMILES string of the molecule is Cc1cc(NC(=O)COc2ccccc2F)n(-c2ccc(F)cc2)n1. The first kappa shape index (κ1) is 16.6. The standard InChI is InChI=1S/C18H15F2N3O2/c1-12-10-17(23(22-12)14-8-6-13(19)7-9-14)21-18(24)11-25-16-5-3-2-4-15(16)20/h2-10H,11H2,1H3,(H,21,24). The van der Waals surface area contributed by atoms with Crippen LogP contribution in [0.1, 0.15) is 5.69 Å². The number of anilines is 1. The summed E-state index contributed by atoms with van der Waals surface area (Å²) in [5.41, 5.74) is 1.27. The van der Waals surface area contributed by atoms with Crippen LogP contribution in [0.15, 0.2) is 54.6 Å². The third-order valence-corrected chi connectivity index (χ3v) is 3.37. The number of ether oxygens (including phenoxy) is 1. The number of nitrogens with zero attached hydrogens (tertiary/aromatic N) is 2. The smallest absolute Gasteiger partial charge is 0.263 e. The maximum Gasteiger partial charge on any atom is 0.263 e. The molecule has 0 aliphatic carbocycles. The number of aryl methyl sites for hydroxylation is 1. The Balaban J connectivity index is 1.71. The fraction of sp³-hybridized carbons (Fsp3) is 0.111. The normalized spacial score (nSPS) is 10.5. The van der Waals surface area contributed by atoms with Gasteiger partial charge in [-0.15, -0.1) is 0 Å². The Bertz CT molecular complexity index is 892. The van der Waals surface area contributed by atoms with E-state index in [4.69, 9.17) is 4.74 Å². The summed E-state index contributed by atoms with van der Waals surface area (Å²) < 4.78 is 33.2. The summed E-state index contributed by atoms with van der Waals surface area (Å²) in [6.45, 7) is 1.42. The molecule has 2 aromatic carbocycles. The van der Waals surface area contributed by atoms with Crippen LogP contribution in [0.3, 0.4) is 0 Å². The molecule has 0 radical (unpaired) electrons. The molecule has 0 spiro atoms. The van der Waals surface area contributed by atoms with E-state index in [1.165, 1.54) is 35.0 Å². The van der Waals surface area contributed by atoms with Gasteiger partial charge in [0.15, 0.2) is 18.2 Å². The molecule has 1 heterocycles. The number of hydrogen-bond donors (Lipinski definition) is 1. The molecule has 5 nitrogen and oxygen atoms in total. The predicted octanol–water partition coefficient (Wildman–Crippen LogP) is 3.48. The van der Waals surface area contributed by atoms with Gasteiger partial charge in [-0.2, -0.15) is 5.10 Å². The van der Waals surface area contributed by atoms with Crippen LogP contribution < -0.4 is 10.1 Å². The number of hydrogen-bond acceptors (Lipinski definition) is 3. The average Bonchev–Trinajstić information content (AvgIpc) is 2.95. The Hall–Kier alpha value is -3.22. The molecule has 0 atom stereocenters. The van der Waals surface area contributed by atoms with Crippen LogP contribution in [0.4, 0.5) is 14.6 Å². The van der Waals surface area contributed by atoms with Crippen molar-refractivity contribution in [2.24, 2.45) is 0 Å². The van der Waals surface area contributed by atoms with Crippen molar-refractivity contribution >= 4 is 11.7 Å². The minimum atomic E-state index is -0.539. The third-order valence-electron chi connectivity index (χ3n) is 3.37. The highest BCUT2D eigenvalue weighted by molar-refractivity contribution is 5.91. The van der Waals surface area contributed by atoms with Gasteiger partial charge in [0.2, 0.25) is 0 Å². The predicted molar refractivity (Wildman–Crippen MR) is 88.8 cm³/mol. The van der Waals surface area contributed by atoms with Gasteiger partial charge in [0.25, 0.3) is 5.91 Å². The van der Waals surface area contributed by atoms with Gasteiger partial charge in [0.1, 0.15) is 11.6 Å².